The lowest BCUT2D eigenvalue weighted by Gasteiger charge is -2.34. The van der Waals surface area contributed by atoms with Crippen LogP contribution in [0.4, 0.5) is 19.0 Å². The van der Waals surface area contributed by atoms with Crippen molar-refractivity contribution in [2.45, 2.75) is 24.6 Å². The van der Waals surface area contributed by atoms with Gasteiger partial charge < -0.3 is 10.0 Å². The van der Waals surface area contributed by atoms with Crippen LogP contribution in [0, 0.1) is 0 Å². The summed E-state index contributed by atoms with van der Waals surface area (Å²) in [6.45, 7) is 1.74. The summed E-state index contributed by atoms with van der Waals surface area (Å²) in [6.07, 6.45) is 3.31. The number of fused-ring (bicyclic) bond motifs is 2. The molecule has 49 heavy (non-hydrogen) atoms. The van der Waals surface area contributed by atoms with Crippen LogP contribution in [0.25, 0.3) is 27.5 Å². The van der Waals surface area contributed by atoms with E-state index in [4.69, 9.17) is 16.6 Å². The summed E-state index contributed by atoms with van der Waals surface area (Å²) in [6, 6.07) is 22.8. The smallest absolute Gasteiger partial charge is 0.376 e. The highest BCUT2D eigenvalue weighted by molar-refractivity contribution is 6.36. The number of aromatic nitrogens is 6. The molecule has 246 valence electrons. The maximum absolute atomic E-state index is 13.5. The Bertz CT molecular complexity index is 2320. The van der Waals surface area contributed by atoms with Crippen molar-refractivity contribution in [1.82, 2.24) is 29.5 Å². The predicted octanol–water partition coefficient (Wildman–Crippen LogP) is 7.46. The van der Waals surface area contributed by atoms with Gasteiger partial charge in [0.25, 0.3) is 0 Å². The van der Waals surface area contributed by atoms with Crippen molar-refractivity contribution in [1.29, 1.82) is 0 Å². The zero-order chi connectivity index (χ0) is 33.9. The van der Waals surface area contributed by atoms with Crippen molar-refractivity contribution < 1.29 is 18.3 Å². The molecule has 7 aromatic rings. The van der Waals surface area contributed by atoms with Crippen LogP contribution in [0.15, 0.2) is 104 Å². The van der Waals surface area contributed by atoms with Crippen molar-refractivity contribution in [3.63, 3.8) is 0 Å². The van der Waals surface area contributed by atoms with E-state index in [1.165, 1.54) is 6.07 Å². The SMILES string of the molecule is Cn1ncc2cc(C(O)(c3ccc(C(F)(F)F)nc3)c3ccc4nc(N5CCC5)c(Cc5ccc(-n6cccn6)cc5)c(Cl)c4c3)ccc21. The maximum atomic E-state index is 13.5. The van der Waals surface area contributed by atoms with Crippen LogP contribution in [0.5, 0.6) is 0 Å². The van der Waals surface area contributed by atoms with Crippen LogP contribution in [-0.4, -0.2) is 47.7 Å². The van der Waals surface area contributed by atoms with E-state index < -0.39 is 17.5 Å². The molecule has 8 rings (SSSR count). The summed E-state index contributed by atoms with van der Waals surface area (Å²) >= 11 is 7.29. The fraction of sp³-hybridized carbons (Fsp3) is 0.189. The zero-order valence-electron chi connectivity index (χ0n) is 26.2. The van der Waals surface area contributed by atoms with Gasteiger partial charge in [0.15, 0.2) is 0 Å². The molecule has 1 atom stereocenters. The number of hydrogen-bond donors (Lipinski definition) is 1. The van der Waals surface area contributed by atoms with Gasteiger partial charge in [-0.3, -0.25) is 9.67 Å². The second kappa shape index (κ2) is 11.7. The molecule has 0 radical (unpaired) electrons. The fourth-order valence-corrected chi connectivity index (χ4v) is 6.78. The summed E-state index contributed by atoms with van der Waals surface area (Å²) in [5.74, 6) is 0.817. The van der Waals surface area contributed by atoms with Crippen LogP contribution in [0.2, 0.25) is 5.02 Å². The number of alkyl halides is 3. The van der Waals surface area contributed by atoms with Gasteiger partial charge in [-0.05, 0) is 71.6 Å². The van der Waals surface area contributed by atoms with E-state index >= 15 is 0 Å². The third-order valence-corrected chi connectivity index (χ3v) is 9.72. The Morgan fingerprint density at radius 3 is 2.31 bits per heavy atom. The molecule has 1 aliphatic heterocycles. The third kappa shape index (κ3) is 5.39. The number of anilines is 1. The van der Waals surface area contributed by atoms with Gasteiger partial charge in [0.1, 0.15) is 17.1 Å². The average Bonchev–Trinajstić information content (AvgIpc) is 3.75. The molecule has 3 aromatic carbocycles. The highest BCUT2D eigenvalue weighted by Gasteiger charge is 2.38. The standard InChI is InChI=1S/C37H29ClF3N7O/c1-46-32-12-7-25(19-24(32)21-44-46)36(49,27-8-13-33(42-22-27)37(39,40)41)26-6-11-31-29(20-26)34(38)30(35(45-31)47-15-3-16-47)18-23-4-9-28(10-5-23)48-17-2-14-43-48/h2,4-14,17,19-22,49H,3,15-16,18H2,1H3. The number of rotatable bonds is 7. The van der Waals surface area contributed by atoms with E-state index in [0.717, 1.165) is 65.3 Å². The predicted molar refractivity (Wildman–Crippen MR) is 182 cm³/mol. The lowest BCUT2D eigenvalue weighted by Crippen LogP contribution is -2.38. The first kappa shape index (κ1) is 31.0. The Balaban J connectivity index is 1.27. The Kier molecular flexibility index (Phi) is 7.42. The maximum Gasteiger partial charge on any atom is 0.433 e. The van der Waals surface area contributed by atoms with Gasteiger partial charge in [-0.25, -0.2) is 9.67 Å². The van der Waals surface area contributed by atoms with E-state index in [9.17, 15) is 18.3 Å². The van der Waals surface area contributed by atoms with Gasteiger partial charge in [0, 0.05) is 67.0 Å². The molecule has 8 nitrogen and oxygen atoms in total. The molecule has 0 saturated carbocycles. The molecule has 4 aromatic heterocycles. The minimum atomic E-state index is -4.63. The number of aliphatic hydroxyl groups is 1. The summed E-state index contributed by atoms with van der Waals surface area (Å²) in [5, 5.41) is 23.2. The van der Waals surface area contributed by atoms with Gasteiger partial charge in [0.05, 0.1) is 27.9 Å². The highest BCUT2D eigenvalue weighted by Crippen LogP contribution is 2.42. The number of pyridine rings is 2. The van der Waals surface area contributed by atoms with E-state index in [0.29, 0.717) is 33.5 Å². The molecule has 0 spiro atoms. The van der Waals surface area contributed by atoms with Crippen molar-refractivity contribution in [3.8, 4) is 5.69 Å². The molecule has 1 aliphatic rings. The second-order valence-electron chi connectivity index (χ2n) is 12.3. The Morgan fingerprint density at radius 2 is 1.63 bits per heavy atom. The molecule has 1 unspecified atom stereocenters. The number of hydrogen-bond acceptors (Lipinski definition) is 6. The lowest BCUT2D eigenvalue weighted by atomic mass is 9.80. The quantitative estimate of drug-likeness (QED) is 0.188. The van der Waals surface area contributed by atoms with Gasteiger partial charge in [0.2, 0.25) is 0 Å². The topological polar surface area (TPSA) is 84.9 Å². The number of halogens is 4. The van der Waals surface area contributed by atoms with E-state index in [2.05, 4.69) is 20.1 Å². The Hall–Kier alpha value is -5.26. The Labute approximate surface area is 284 Å². The summed E-state index contributed by atoms with van der Waals surface area (Å²) in [7, 11) is 1.81. The molecule has 1 fully saturated rings. The lowest BCUT2D eigenvalue weighted by molar-refractivity contribution is -0.141. The van der Waals surface area contributed by atoms with Crippen molar-refractivity contribution in [3.05, 3.63) is 142 Å². The molecular weight excluding hydrogens is 651 g/mol. The van der Waals surface area contributed by atoms with Crippen LogP contribution in [0.3, 0.4) is 0 Å². The molecule has 0 bridgehead atoms. The molecule has 0 aliphatic carbocycles. The van der Waals surface area contributed by atoms with E-state index in [-0.39, 0.29) is 5.56 Å². The number of nitrogens with zero attached hydrogens (tertiary/aromatic N) is 7. The first-order valence-corrected chi connectivity index (χ1v) is 16.1. The highest BCUT2D eigenvalue weighted by atomic mass is 35.5. The van der Waals surface area contributed by atoms with Gasteiger partial charge in [-0.15, -0.1) is 0 Å². The van der Waals surface area contributed by atoms with Crippen LogP contribution >= 0.6 is 11.6 Å². The molecule has 1 saturated heterocycles. The van der Waals surface area contributed by atoms with Gasteiger partial charge in [-0.2, -0.15) is 23.4 Å². The molecule has 0 amide bonds. The Morgan fingerprint density at radius 1 is 0.878 bits per heavy atom. The monoisotopic (exact) mass is 679 g/mol. The third-order valence-electron chi connectivity index (χ3n) is 9.29. The van der Waals surface area contributed by atoms with Crippen molar-refractivity contribution in [2.75, 3.05) is 18.0 Å². The van der Waals surface area contributed by atoms with E-state index in [1.54, 1.807) is 52.1 Å². The minimum absolute atomic E-state index is 0.168. The van der Waals surface area contributed by atoms with Crippen LogP contribution < -0.4 is 4.90 Å². The summed E-state index contributed by atoms with van der Waals surface area (Å²) < 4.78 is 44.0. The second-order valence-corrected chi connectivity index (χ2v) is 12.7. The van der Waals surface area contributed by atoms with Crippen LogP contribution in [0.1, 0.15) is 39.9 Å². The molecular formula is C37H29ClF3N7O. The summed E-state index contributed by atoms with van der Waals surface area (Å²) in [5.41, 5.74) is 2.38. The number of aryl methyl sites for hydroxylation is 1. The largest absolute Gasteiger partial charge is 0.433 e. The average molecular weight is 680 g/mol. The number of benzene rings is 3. The van der Waals surface area contributed by atoms with Crippen molar-refractivity contribution >= 4 is 39.2 Å². The first-order chi connectivity index (χ1) is 23.6. The molecule has 12 heteroatoms. The van der Waals surface area contributed by atoms with Crippen molar-refractivity contribution in [2.24, 2.45) is 7.05 Å². The zero-order valence-corrected chi connectivity index (χ0v) is 27.0. The molecule has 5 heterocycles. The van der Waals surface area contributed by atoms with E-state index in [1.807, 2.05) is 49.6 Å². The first-order valence-electron chi connectivity index (χ1n) is 15.7. The van der Waals surface area contributed by atoms with Gasteiger partial charge >= 0.3 is 6.18 Å². The minimum Gasteiger partial charge on any atom is -0.376 e. The molecule has 1 N–H and O–H groups in total. The normalized spacial score (nSPS) is 14.7. The van der Waals surface area contributed by atoms with Crippen LogP contribution in [-0.2, 0) is 25.2 Å². The van der Waals surface area contributed by atoms with Gasteiger partial charge in [-0.1, -0.05) is 41.9 Å². The fourth-order valence-electron chi connectivity index (χ4n) is 6.48. The summed E-state index contributed by atoms with van der Waals surface area (Å²) in [4.78, 5) is 11.0.